The molecule has 0 aliphatic carbocycles. The molecule has 120 valence electrons. The summed E-state index contributed by atoms with van der Waals surface area (Å²) >= 11 is 6.10. The van der Waals surface area contributed by atoms with Crippen LogP contribution in [0.5, 0.6) is 5.75 Å². The van der Waals surface area contributed by atoms with E-state index in [9.17, 15) is 14.7 Å². The van der Waals surface area contributed by atoms with Gasteiger partial charge in [0.05, 0.1) is 12.1 Å². The Morgan fingerprint density at radius 3 is 2.70 bits per heavy atom. The number of nitrogens with two attached hydrogens (primary N) is 1. The summed E-state index contributed by atoms with van der Waals surface area (Å²) in [6, 6.07) is 7.00. The first kappa shape index (κ1) is 15.6. The number of hydrogen-bond donors (Lipinski definition) is 2. The highest BCUT2D eigenvalue weighted by molar-refractivity contribution is 6.19. The predicted molar refractivity (Wildman–Crippen MR) is 90.0 cm³/mol. The van der Waals surface area contributed by atoms with Crippen LogP contribution in [0.15, 0.2) is 24.3 Å². The lowest BCUT2D eigenvalue weighted by molar-refractivity contribution is -0.117. The molecule has 0 saturated carbocycles. The van der Waals surface area contributed by atoms with Gasteiger partial charge in [-0.05, 0) is 16.5 Å². The number of carbonyl (C=O) groups excluding carboxylic acids is 2. The van der Waals surface area contributed by atoms with Gasteiger partial charge in [0, 0.05) is 36.7 Å². The molecule has 2 aromatic rings. The van der Waals surface area contributed by atoms with Crippen molar-refractivity contribution in [2.75, 3.05) is 17.3 Å². The van der Waals surface area contributed by atoms with Crippen molar-refractivity contribution in [3.8, 4) is 5.75 Å². The van der Waals surface area contributed by atoms with Crippen LogP contribution in [0, 0.1) is 0 Å². The average molecular weight is 333 g/mol. The Hall–Kier alpha value is -2.27. The number of hydrogen-bond acceptors (Lipinski definition) is 3. The zero-order chi connectivity index (χ0) is 16.7. The highest BCUT2D eigenvalue weighted by Gasteiger charge is 2.33. The van der Waals surface area contributed by atoms with Crippen molar-refractivity contribution in [2.45, 2.75) is 19.3 Å². The van der Waals surface area contributed by atoms with E-state index in [1.807, 2.05) is 6.07 Å². The van der Waals surface area contributed by atoms with Crippen LogP contribution in [0.25, 0.3) is 10.8 Å². The van der Waals surface area contributed by atoms with Crippen molar-refractivity contribution < 1.29 is 14.7 Å². The molecule has 1 atom stereocenters. The smallest absolute Gasteiger partial charge is 0.223 e. The molecule has 5 nitrogen and oxygen atoms in total. The number of phenols is 1. The lowest BCUT2D eigenvalue weighted by atomic mass is 9.93. The minimum absolute atomic E-state index is 0.0116. The molecule has 2 aromatic carbocycles. The van der Waals surface area contributed by atoms with Gasteiger partial charge in [0.1, 0.15) is 5.75 Å². The van der Waals surface area contributed by atoms with Gasteiger partial charge in [-0.2, -0.15) is 0 Å². The molecule has 0 radical (unpaired) electrons. The SMILES string of the molecule is CC(=O)N1CC(CCl)c2c1cc(O)c1ccc(CC(N)=O)cc21. The summed E-state index contributed by atoms with van der Waals surface area (Å²) in [5, 5.41) is 11.8. The summed E-state index contributed by atoms with van der Waals surface area (Å²) in [7, 11) is 0. The minimum atomic E-state index is -0.416. The number of fused-ring (bicyclic) bond motifs is 3. The van der Waals surface area contributed by atoms with E-state index in [4.69, 9.17) is 17.3 Å². The number of amides is 2. The molecule has 1 aliphatic heterocycles. The summed E-state index contributed by atoms with van der Waals surface area (Å²) in [4.78, 5) is 24.7. The van der Waals surface area contributed by atoms with E-state index in [1.54, 1.807) is 23.1 Å². The molecule has 6 heteroatoms. The highest BCUT2D eigenvalue weighted by Crippen LogP contribution is 2.45. The van der Waals surface area contributed by atoms with Crippen molar-refractivity contribution >= 4 is 39.9 Å². The maximum Gasteiger partial charge on any atom is 0.223 e. The van der Waals surface area contributed by atoms with E-state index >= 15 is 0 Å². The standard InChI is InChI=1S/C17H17ClN2O3/c1-9(21)20-8-11(7-18)17-13-4-10(5-16(19)23)2-3-12(13)15(22)6-14(17)20/h2-4,6,11,22H,5,7-8H2,1H3,(H2,19,23). The second-order valence-corrected chi connectivity index (χ2v) is 6.14. The second kappa shape index (κ2) is 5.74. The van der Waals surface area contributed by atoms with Crippen LogP contribution in [-0.4, -0.2) is 29.3 Å². The van der Waals surface area contributed by atoms with Gasteiger partial charge in [-0.3, -0.25) is 9.59 Å². The van der Waals surface area contributed by atoms with Crippen molar-refractivity contribution in [2.24, 2.45) is 5.73 Å². The first-order valence-corrected chi connectivity index (χ1v) is 7.86. The van der Waals surface area contributed by atoms with Gasteiger partial charge in [0.25, 0.3) is 0 Å². The largest absolute Gasteiger partial charge is 0.507 e. The number of primary amides is 1. The average Bonchev–Trinajstić information content (AvgIpc) is 2.85. The lowest BCUT2D eigenvalue weighted by Gasteiger charge is -2.16. The van der Waals surface area contributed by atoms with Gasteiger partial charge in [0.15, 0.2) is 0 Å². The zero-order valence-corrected chi connectivity index (χ0v) is 13.4. The Labute approximate surface area is 138 Å². The lowest BCUT2D eigenvalue weighted by Crippen LogP contribution is -2.27. The van der Waals surface area contributed by atoms with E-state index in [0.29, 0.717) is 23.5 Å². The number of rotatable bonds is 3. The summed E-state index contributed by atoms with van der Waals surface area (Å²) < 4.78 is 0. The van der Waals surface area contributed by atoms with Gasteiger partial charge in [-0.15, -0.1) is 11.6 Å². The molecule has 0 bridgehead atoms. The molecule has 0 saturated heterocycles. The summed E-state index contributed by atoms with van der Waals surface area (Å²) in [5.74, 6) is -0.0453. The van der Waals surface area contributed by atoms with Crippen molar-refractivity contribution in [1.29, 1.82) is 0 Å². The summed E-state index contributed by atoms with van der Waals surface area (Å²) in [5.41, 5.74) is 7.66. The Morgan fingerprint density at radius 1 is 1.35 bits per heavy atom. The van der Waals surface area contributed by atoms with Gasteiger partial charge in [-0.25, -0.2) is 0 Å². The third-order valence-electron chi connectivity index (χ3n) is 4.25. The molecule has 1 heterocycles. The topological polar surface area (TPSA) is 83.6 Å². The number of carbonyl (C=O) groups is 2. The maximum absolute atomic E-state index is 11.9. The fourth-order valence-electron chi connectivity index (χ4n) is 3.26. The first-order chi connectivity index (χ1) is 10.9. The molecule has 1 aliphatic rings. The van der Waals surface area contributed by atoms with Crippen LogP contribution in [0.4, 0.5) is 5.69 Å². The summed E-state index contributed by atoms with van der Waals surface area (Å²) in [6.07, 6.45) is 0.127. The minimum Gasteiger partial charge on any atom is -0.507 e. The molecular weight excluding hydrogens is 316 g/mol. The Bertz CT molecular complexity index is 819. The third kappa shape index (κ3) is 2.61. The Kier molecular flexibility index (Phi) is 3.90. The molecule has 0 spiro atoms. The van der Waals surface area contributed by atoms with E-state index < -0.39 is 5.91 Å². The molecule has 0 aromatic heterocycles. The number of phenolic OH excluding ortho intramolecular Hbond substituents is 1. The predicted octanol–water partition coefficient (Wildman–Crippen LogP) is 2.26. The van der Waals surface area contributed by atoms with Crippen LogP contribution < -0.4 is 10.6 Å². The van der Waals surface area contributed by atoms with Crippen LogP contribution in [0.1, 0.15) is 24.0 Å². The molecule has 23 heavy (non-hydrogen) atoms. The van der Waals surface area contributed by atoms with Gasteiger partial charge < -0.3 is 15.7 Å². The molecule has 2 amide bonds. The van der Waals surface area contributed by atoms with E-state index in [1.165, 1.54) is 6.92 Å². The Balaban J connectivity index is 2.27. The number of benzene rings is 2. The summed E-state index contributed by atoms with van der Waals surface area (Å²) in [6.45, 7) is 1.98. The number of nitrogens with zero attached hydrogens (tertiary/aromatic N) is 1. The van der Waals surface area contributed by atoms with Crippen LogP contribution in [-0.2, 0) is 16.0 Å². The quantitative estimate of drug-likeness (QED) is 0.846. The first-order valence-electron chi connectivity index (χ1n) is 7.33. The van der Waals surface area contributed by atoms with Crippen LogP contribution in [0.2, 0.25) is 0 Å². The molecule has 0 fully saturated rings. The number of alkyl halides is 1. The normalized spacial score (nSPS) is 16.6. The van der Waals surface area contributed by atoms with E-state index in [2.05, 4.69) is 0 Å². The van der Waals surface area contributed by atoms with Crippen LogP contribution in [0.3, 0.4) is 0 Å². The van der Waals surface area contributed by atoms with Crippen molar-refractivity contribution in [3.05, 3.63) is 35.4 Å². The van der Waals surface area contributed by atoms with E-state index in [-0.39, 0.29) is 24.0 Å². The second-order valence-electron chi connectivity index (χ2n) is 5.83. The Morgan fingerprint density at radius 2 is 2.09 bits per heavy atom. The fraction of sp³-hybridized carbons (Fsp3) is 0.294. The molecular formula is C17H17ClN2O3. The zero-order valence-electron chi connectivity index (χ0n) is 12.7. The van der Waals surface area contributed by atoms with E-state index in [0.717, 1.165) is 16.5 Å². The monoisotopic (exact) mass is 332 g/mol. The molecule has 3 N–H and O–H groups in total. The third-order valence-corrected chi connectivity index (χ3v) is 4.62. The van der Waals surface area contributed by atoms with Gasteiger partial charge in [-0.1, -0.05) is 18.2 Å². The molecule has 3 rings (SSSR count). The van der Waals surface area contributed by atoms with Gasteiger partial charge >= 0.3 is 0 Å². The van der Waals surface area contributed by atoms with Crippen LogP contribution >= 0.6 is 11.6 Å². The maximum atomic E-state index is 11.9. The fourth-order valence-corrected chi connectivity index (χ4v) is 3.51. The number of aromatic hydroxyl groups is 1. The van der Waals surface area contributed by atoms with Gasteiger partial charge in [0.2, 0.25) is 11.8 Å². The number of anilines is 1. The van der Waals surface area contributed by atoms with Crippen molar-refractivity contribution in [1.82, 2.24) is 0 Å². The number of halogens is 1. The molecule has 1 unspecified atom stereocenters. The highest BCUT2D eigenvalue weighted by atomic mass is 35.5. The van der Waals surface area contributed by atoms with Crippen molar-refractivity contribution in [3.63, 3.8) is 0 Å².